The van der Waals surface area contributed by atoms with Crippen LogP contribution >= 0.6 is 0 Å². The standard InChI is InChI=1S/C3H4O2.C2F6O/c1-2-3(4)5;3-1(4,5)9-2(6,7)8/h2H,1H2,(H,4,5);. The molecular weight excluding hydrogens is 222 g/mol. The molecule has 0 rings (SSSR count). The molecule has 0 heterocycles. The van der Waals surface area contributed by atoms with Crippen LogP contribution in [-0.2, 0) is 9.53 Å². The third-order valence-electron chi connectivity index (χ3n) is 0.406. The normalized spacial score (nSPS) is 11.3. The van der Waals surface area contributed by atoms with Crippen LogP contribution < -0.4 is 0 Å². The van der Waals surface area contributed by atoms with Crippen LogP contribution in [-0.4, -0.2) is 23.8 Å². The van der Waals surface area contributed by atoms with Crippen molar-refractivity contribution in [3.05, 3.63) is 12.7 Å². The van der Waals surface area contributed by atoms with Crippen LogP contribution in [0.5, 0.6) is 0 Å². The topological polar surface area (TPSA) is 46.5 Å². The number of halogens is 6. The van der Waals surface area contributed by atoms with Crippen LogP contribution in [0.2, 0.25) is 0 Å². The Balaban J connectivity index is 0. The molecule has 3 nitrogen and oxygen atoms in total. The first-order valence-electron chi connectivity index (χ1n) is 2.67. The van der Waals surface area contributed by atoms with Gasteiger partial charge < -0.3 is 5.11 Å². The van der Waals surface area contributed by atoms with Crippen LogP contribution in [0.3, 0.4) is 0 Å². The Morgan fingerprint density at radius 2 is 1.36 bits per heavy atom. The van der Waals surface area contributed by atoms with Gasteiger partial charge in [0.05, 0.1) is 0 Å². The van der Waals surface area contributed by atoms with Gasteiger partial charge in [-0.2, -0.15) is 4.74 Å². The summed E-state index contributed by atoms with van der Waals surface area (Å²) in [6, 6.07) is 0. The number of hydrogen-bond acceptors (Lipinski definition) is 2. The van der Waals surface area contributed by atoms with Crippen molar-refractivity contribution >= 4 is 5.97 Å². The van der Waals surface area contributed by atoms with E-state index in [1.807, 2.05) is 0 Å². The largest absolute Gasteiger partial charge is 0.529 e. The van der Waals surface area contributed by atoms with Gasteiger partial charge in [-0.1, -0.05) is 6.58 Å². The van der Waals surface area contributed by atoms with Crippen molar-refractivity contribution in [1.29, 1.82) is 0 Å². The number of alkyl halides is 6. The second-order valence-corrected chi connectivity index (χ2v) is 1.54. The van der Waals surface area contributed by atoms with Crippen molar-refractivity contribution in [2.24, 2.45) is 0 Å². The molecule has 9 heteroatoms. The van der Waals surface area contributed by atoms with E-state index in [1.165, 1.54) is 0 Å². The van der Waals surface area contributed by atoms with E-state index >= 15 is 0 Å². The predicted octanol–water partition coefficient (Wildman–Crippen LogP) is 2.30. The zero-order valence-electron chi connectivity index (χ0n) is 6.32. The molecule has 0 aliphatic heterocycles. The first kappa shape index (κ1) is 15.2. The Morgan fingerprint density at radius 1 is 1.14 bits per heavy atom. The second-order valence-electron chi connectivity index (χ2n) is 1.54. The molecule has 0 atom stereocenters. The lowest BCUT2D eigenvalue weighted by atomic mass is 10.7. The first-order chi connectivity index (χ1) is 5.98. The van der Waals surface area contributed by atoms with Crippen LogP contribution in [0.1, 0.15) is 0 Å². The maximum absolute atomic E-state index is 10.6. The van der Waals surface area contributed by atoms with Crippen molar-refractivity contribution < 1.29 is 41.0 Å². The molecule has 0 amide bonds. The molecule has 14 heavy (non-hydrogen) atoms. The van der Waals surface area contributed by atoms with E-state index in [9.17, 15) is 31.1 Å². The van der Waals surface area contributed by atoms with Gasteiger partial charge in [0.15, 0.2) is 0 Å². The van der Waals surface area contributed by atoms with Crippen molar-refractivity contribution in [1.82, 2.24) is 0 Å². The van der Waals surface area contributed by atoms with Gasteiger partial charge in [-0.3, -0.25) is 0 Å². The molecule has 0 saturated carbocycles. The monoisotopic (exact) mass is 226 g/mol. The molecule has 0 unspecified atom stereocenters. The molecule has 0 fully saturated rings. The van der Waals surface area contributed by atoms with Crippen LogP contribution in [0.15, 0.2) is 12.7 Å². The van der Waals surface area contributed by atoms with Gasteiger partial charge in [-0.25, -0.2) is 4.79 Å². The number of ether oxygens (including phenoxy) is 1. The smallest absolute Gasteiger partial charge is 0.478 e. The third-order valence-corrected chi connectivity index (χ3v) is 0.406. The Labute approximate surface area is 73.6 Å². The van der Waals surface area contributed by atoms with Gasteiger partial charge in [-0.05, 0) is 0 Å². The average Bonchev–Trinajstić information content (AvgIpc) is 1.80. The lowest BCUT2D eigenvalue weighted by Crippen LogP contribution is -2.25. The molecule has 1 N–H and O–H groups in total. The summed E-state index contributed by atoms with van der Waals surface area (Å²) in [4.78, 5) is 9.25. The number of carbonyl (C=O) groups is 1. The van der Waals surface area contributed by atoms with Gasteiger partial charge in [0, 0.05) is 6.08 Å². The molecule has 0 spiro atoms. The number of aliphatic carboxylic acids is 1. The summed E-state index contributed by atoms with van der Waals surface area (Å²) in [7, 11) is 0. The Kier molecular flexibility index (Phi) is 5.96. The highest BCUT2D eigenvalue weighted by molar-refractivity contribution is 5.78. The van der Waals surface area contributed by atoms with Crippen molar-refractivity contribution in [2.75, 3.05) is 0 Å². The van der Waals surface area contributed by atoms with Gasteiger partial charge in [0.1, 0.15) is 0 Å². The SMILES string of the molecule is C=CC(=O)O.FC(F)(F)OC(F)(F)F. The number of carboxylic acid groups (broad SMARTS) is 1. The third kappa shape index (κ3) is 22.4. The van der Waals surface area contributed by atoms with E-state index in [0.717, 1.165) is 6.08 Å². The molecular formula is C5H4F6O3. The number of rotatable bonds is 1. The fraction of sp³-hybridized carbons (Fsp3) is 0.400. The molecule has 0 bridgehead atoms. The molecule has 0 aromatic heterocycles. The molecule has 0 aromatic carbocycles. The summed E-state index contributed by atoms with van der Waals surface area (Å²) in [6.07, 6.45) is -10.4. The average molecular weight is 226 g/mol. The van der Waals surface area contributed by atoms with Crippen molar-refractivity contribution in [3.8, 4) is 0 Å². The summed E-state index contributed by atoms with van der Waals surface area (Å²) in [6.45, 7) is 2.96. The van der Waals surface area contributed by atoms with E-state index in [2.05, 4.69) is 6.58 Å². The van der Waals surface area contributed by atoms with Crippen LogP contribution in [0.4, 0.5) is 26.3 Å². The Hall–Kier alpha value is -1.25. The zero-order valence-corrected chi connectivity index (χ0v) is 6.32. The summed E-state index contributed by atoms with van der Waals surface area (Å²) >= 11 is 0. The van der Waals surface area contributed by atoms with E-state index in [0.29, 0.717) is 0 Å². The lowest BCUT2D eigenvalue weighted by molar-refractivity contribution is -0.463. The van der Waals surface area contributed by atoms with Gasteiger partial charge in [0.2, 0.25) is 0 Å². The minimum Gasteiger partial charge on any atom is -0.478 e. The summed E-state index contributed by atoms with van der Waals surface area (Å²) < 4.78 is 65.3. The maximum Gasteiger partial charge on any atom is 0.529 e. The summed E-state index contributed by atoms with van der Waals surface area (Å²) in [5, 5.41) is 7.60. The zero-order chi connectivity index (χ0) is 12.0. The number of hydrogen-bond donors (Lipinski definition) is 1. The molecule has 0 aromatic rings. The molecule has 84 valence electrons. The molecule has 0 aliphatic carbocycles. The van der Waals surface area contributed by atoms with Crippen molar-refractivity contribution in [2.45, 2.75) is 12.7 Å². The fourth-order valence-corrected chi connectivity index (χ4v) is 0.131. The first-order valence-corrected chi connectivity index (χ1v) is 2.67. The fourth-order valence-electron chi connectivity index (χ4n) is 0.131. The van der Waals surface area contributed by atoms with Crippen LogP contribution in [0, 0.1) is 0 Å². The lowest BCUT2D eigenvalue weighted by Gasteiger charge is -2.08. The second kappa shape index (κ2) is 5.47. The molecule has 0 saturated heterocycles. The molecule has 0 radical (unpaired) electrons. The Bertz CT molecular complexity index is 181. The Morgan fingerprint density at radius 3 is 1.36 bits per heavy atom. The van der Waals surface area contributed by atoms with Gasteiger partial charge >= 0.3 is 18.7 Å². The van der Waals surface area contributed by atoms with Crippen molar-refractivity contribution in [3.63, 3.8) is 0 Å². The van der Waals surface area contributed by atoms with Gasteiger partial charge in [-0.15, -0.1) is 26.3 Å². The summed E-state index contributed by atoms with van der Waals surface area (Å²) in [5.41, 5.74) is 0. The number of carboxylic acids is 1. The maximum atomic E-state index is 10.6. The van der Waals surface area contributed by atoms with Crippen LogP contribution in [0.25, 0.3) is 0 Å². The van der Waals surface area contributed by atoms with E-state index in [-0.39, 0.29) is 0 Å². The highest BCUT2D eigenvalue weighted by Gasteiger charge is 2.45. The van der Waals surface area contributed by atoms with E-state index in [4.69, 9.17) is 5.11 Å². The van der Waals surface area contributed by atoms with E-state index < -0.39 is 18.7 Å². The minimum atomic E-state index is -5.64. The minimum absolute atomic E-state index is 0.833. The van der Waals surface area contributed by atoms with Gasteiger partial charge in [0.25, 0.3) is 0 Å². The predicted molar refractivity (Wildman–Crippen MR) is 31.0 cm³/mol. The van der Waals surface area contributed by atoms with E-state index in [1.54, 1.807) is 4.74 Å². The quantitative estimate of drug-likeness (QED) is 0.551. The highest BCUT2D eigenvalue weighted by atomic mass is 19.4. The highest BCUT2D eigenvalue weighted by Crippen LogP contribution is 2.28. The summed E-state index contributed by atoms with van der Waals surface area (Å²) in [5.74, 6) is -0.981. The molecule has 0 aliphatic rings.